The first-order chi connectivity index (χ1) is 9.02. The Balaban J connectivity index is 2.61. The van der Waals surface area contributed by atoms with Crippen LogP contribution >= 0.6 is 34.8 Å². The molecule has 2 rings (SSSR count). The predicted molar refractivity (Wildman–Crippen MR) is 76.0 cm³/mol. The van der Waals surface area contributed by atoms with Gasteiger partial charge in [-0.05, 0) is 23.8 Å². The number of ether oxygens (including phenoxy) is 1. The van der Waals surface area contributed by atoms with Crippen molar-refractivity contribution in [2.24, 2.45) is 0 Å². The van der Waals surface area contributed by atoms with Crippen molar-refractivity contribution in [3.8, 4) is 11.1 Å². The molecule has 3 nitrogen and oxygen atoms in total. The molecule has 0 fully saturated rings. The lowest BCUT2D eigenvalue weighted by molar-refractivity contribution is 0.0601. The van der Waals surface area contributed by atoms with E-state index in [9.17, 15) is 4.79 Å². The maximum atomic E-state index is 11.7. The molecule has 19 heavy (non-hydrogen) atoms. The number of esters is 1. The molecular formula is C13H8Cl3NO2. The zero-order valence-corrected chi connectivity index (χ0v) is 12.1. The van der Waals surface area contributed by atoms with Crippen LogP contribution in [0.1, 0.15) is 10.4 Å². The Morgan fingerprint density at radius 1 is 1.16 bits per heavy atom. The van der Waals surface area contributed by atoms with Crippen LogP contribution in [-0.2, 0) is 4.74 Å². The molecule has 2 aromatic rings. The van der Waals surface area contributed by atoms with E-state index in [1.54, 1.807) is 18.2 Å². The summed E-state index contributed by atoms with van der Waals surface area (Å²) < 4.78 is 4.72. The molecule has 0 radical (unpaired) electrons. The van der Waals surface area contributed by atoms with Crippen molar-refractivity contribution in [1.82, 2.24) is 4.98 Å². The van der Waals surface area contributed by atoms with E-state index in [0.717, 1.165) is 0 Å². The Labute approximate surface area is 125 Å². The van der Waals surface area contributed by atoms with E-state index in [2.05, 4.69) is 4.98 Å². The fraction of sp³-hybridized carbons (Fsp3) is 0.0769. The summed E-state index contributed by atoms with van der Waals surface area (Å²) >= 11 is 17.6. The zero-order valence-electron chi connectivity index (χ0n) is 9.78. The monoisotopic (exact) mass is 315 g/mol. The van der Waals surface area contributed by atoms with E-state index in [-0.39, 0.29) is 5.15 Å². The minimum atomic E-state index is -0.495. The maximum absolute atomic E-state index is 11.7. The highest BCUT2D eigenvalue weighted by Crippen LogP contribution is 2.31. The first-order valence-electron chi connectivity index (χ1n) is 5.22. The van der Waals surface area contributed by atoms with Crippen LogP contribution in [0, 0.1) is 0 Å². The molecule has 0 aliphatic heterocycles. The summed E-state index contributed by atoms with van der Waals surface area (Å²) in [6, 6.07) is 6.49. The molecule has 0 aliphatic carbocycles. The van der Waals surface area contributed by atoms with Gasteiger partial charge in [0.15, 0.2) is 0 Å². The SMILES string of the molecule is COC(=O)c1cc(Cl)ncc1-c1ccc(Cl)c(Cl)c1. The van der Waals surface area contributed by atoms with Crippen LogP contribution in [0.5, 0.6) is 0 Å². The number of carbonyl (C=O) groups excluding carboxylic acids is 1. The van der Waals surface area contributed by atoms with Gasteiger partial charge in [-0.1, -0.05) is 40.9 Å². The standard InChI is InChI=1S/C13H8Cl3NO2/c1-19-13(18)8-5-12(16)17-6-9(8)7-2-3-10(14)11(15)4-7/h2-6H,1H3. The van der Waals surface area contributed by atoms with Crippen molar-refractivity contribution in [3.05, 3.63) is 51.2 Å². The first kappa shape index (κ1) is 14.1. The highest BCUT2D eigenvalue weighted by molar-refractivity contribution is 6.42. The highest BCUT2D eigenvalue weighted by Gasteiger charge is 2.15. The van der Waals surface area contributed by atoms with Crippen molar-refractivity contribution in [1.29, 1.82) is 0 Å². The third-order valence-corrected chi connectivity index (χ3v) is 3.45. The smallest absolute Gasteiger partial charge is 0.338 e. The summed E-state index contributed by atoms with van der Waals surface area (Å²) in [5.41, 5.74) is 1.61. The van der Waals surface area contributed by atoms with Gasteiger partial charge in [0.1, 0.15) is 5.15 Å². The summed E-state index contributed by atoms with van der Waals surface area (Å²) in [7, 11) is 1.30. The van der Waals surface area contributed by atoms with Crippen LogP contribution in [0.15, 0.2) is 30.5 Å². The molecule has 0 N–H and O–H groups in total. The van der Waals surface area contributed by atoms with E-state index >= 15 is 0 Å². The minimum Gasteiger partial charge on any atom is -0.465 e. The molecule has 0 amide bonds. The molecule has 1 aromatic carbocycles. The van der Waals surface area contributed by atoms with Crippen molar-refractivity contribution in [3.63, 3.8) is 0 Å². The number of benzene rings is 1. The van der Waals surface area contributed by atoms with Crippen LogP contribution in [0.2, 0.25) is 15.2 Å². The number of carbonyl (C=O) groups is 1. The van der Waals surface area contributed by atoms with Crippen LogP contribution in [0.3, 0.4) is 0 Å². The Morgan fingerprint density at radius 3 is 2.53 bits per heavy atom. The molecule has 0 saturated carbocycles. The summed E-state index contributed by atoms with van der Waals surface area (Å²) in [6.07, 6.45) is 1.49. The quantitative estimate of drug-likeness (QED) is 0.605. The molecule has 0 saturated heterocycles. The predicted octanol–water partition coefficient (Wildman–Crippen LogP) is 4.50. The minimum absolute atomic E-state index is 0.212. The molecule has 1 heterocycles. The van der Waals surface area contributed by atoms with Crippen LogP contribution in [0.25, 0.3) is 11.1 Å². The van der Waals surface area contributed by atoms with Gasteiger partial charge >= 0.3 is 5.97 Å². The fourth-order valence-electron chi connectivity index (χ4n) is 1.60. The van der Waals surface area contributed by atoms with Gasteiger partial charge in [-0.2, -0.15) is 0 Å². The third kappa shape index (κ3) is 3.00. The molecule has 0 bridgehead atoms. The molecule has 0 unspecified atom stereocenters. The van der Waals surface area contributed by atoms with Crippen LogP contribution < -0.4 is 0 Å². The molecule has 0 aliphatic rings. The van der Waals surface area contributed by atoms with E-state index in [1.165, 1.54) is 19.4 Å². The summed E-state index contributed by atoms with van der Waals surface area (Å²) in [5, 5.41) is 1.04. The molecule has 0 atom stereocenters. The molecule has 0 spiro atoms. The number of aromatic nitrogens is 1. The van der Waals surface area contributed by atoms with Gasteiger partial charge in [0.2, 0.25) is 0 Å². The lowest BCUT2D eigenvalue weighted by atomic mass is 10.0. The number of hydrogen-bond donors (Lipinski definition) is 0. The highest BCUT2D eigenvalue weighted by atomic mass is 35.5. The average Bonchev–Trinajstić information content (AvgIpc) is 2.41. The van der Waals surface area contributed by atoms with Crippen molar-refractivity contribution in [2.45, 2.75) is 0 Å². The number of hydrogen-bond acceptors (Lipinski definition) is 3. The zero-order chi connectivity index (χ0) is 14.0. The molecule has 6 heteroatoms. The lowest BCUT2D eigenvalue weighted by Crippen LogP contribution is -2.04. The van der Waals surface area contributed by atoms with E-state index in [1.807, 2.05) is 0 Å². The van der Waals surface area contributed by atoms with Gasteiger partial charge in [0.05, 0.1) is 22.7 Å². The Hall–Kier alpha value is -1.29. The normalized spacial score (nSPS) is 10.3. The molecular weight excluding hydrogens is 309 g/mol. The van der Waals surface area contributed by atoms with Gasteiger partial charge in [-0.25, -0.2) is 9.78 Å². The van der Waals surface area contributed by atoms with Gasteiger partial charge in [-0.15, -0.1) is 0 Å². The number of nitrogens with zero attached hydrogens (tertiary/aromatic N) is 1. The number of halogens is 3. The summed E-state index contributed by atoms with van der Waals surface area (Å²) in [5.74, 6) is -0.495. The van der Waals surface area contributed by atoms with Crippen LogP contribution in [0.4, 0.5) is 0 Å². The fourth-order valence-corrected chi connectivity index (χ4v) is 2.06. The van der Waals surface area contributed by atoms with E-state index in [0.29, 0.717) is 26.7 Å². The Kier molecular flexibility index (Phi) is 4.30. The number of rotatable bonds is 2. The topological polar surface area (TPSA) is 39.2 Å². The second-order valence-corrected chi connectivity index (χ2v) is 4.87. The second kappa shape index (κ2) is 5.78. The second-order valence-electron chi connectivity index (χ2n) is 3.67. The van der Waals surface area contributed by atoms with Gasteiger partial charge in [0.25, 0.3) is 0 Å². The van der Waals surface area contributed by atoms with Gasteiger partial charge < -0.3 is 4.74 Å². The van der Waals surface area contributed by atoms with Crippen molar-refractivity contribution < 1.29 is 9.53 Å². The van der Waals surface area contributed by atoms with E-state index < -0.39 is 5.97 Å². The summed E-state index contributed by atoms with van der Waals surface area (Å²) in [4.78, 5) is 15.7. The third-order valence-electron chi connectivity index (χ3n) is 2.51. The van der Waals surface area contributed by atoms with Gasteiger partial charge in [-0.3, -0.25) is 0 Å². The molecule has 1 aromatic heterocycles. The van der Waals surface area contributed by atoms with Crippen LogP contribution in [-0.4, -0.2) is 18.1 Å². The average molecular weight is 317 g/mol. The Bertz CT molecular complexity index is 644. The number of pyridine rings is 1. The summed E-state index contributed by atoms with van der Waals surface area (Å²) in [6.45, 7) is 0. The van der Waals surface area contributed by atoms with Crippen molar-refractivity contribution in [2.75, 3.05) is 7.11 Å². The number of methoxy groups -OCH3 is 1. The largest absolute Gasteiger partial charge is 0.465 e. The maximum Gasteiger partial charge on any atom is 0.338 e. The van der Waals surface area contributed by atoms with E-state index in [4.69, 9.17) is 39.5 Å². The van der Waals surface area contributed by atoms with Gasteiger partial charge in [0, 0.05) is 11.8 Å². The lowest BCUT2D eigenvalue weighted by Gasteiger charge is -2.09. The van der Waals surface area contributed by atoms with Crippen molar-refractivity contribution >= 4 is 40.8 Å². The molecule has 98 valence electrons. The first-order valence-corrected chi connectivity index (χ1v) is 6.35. The Morgan fingerprint density at radius 2 is 1.89 bits per heavy atom.